The van der Waals surface area contributed by atoms with Crippen LogP contribution in [0.1, 0.15) is 5.56 Å². The van der Waals surface area contributed by atoms with Crippen molar-refractivity contribution in [3.63, 3.8) is 0 Å². The first kappa shape index (κ1) is 10.7. The van der Waals surface area contributed by atoms with Gasteiger partial charge in [0.25, 0.3) is 0 Å². The number of sulfone groups is 1. The van der Waals surface area contributed by atoms with Gasteiger partial charge in [-0.05, 0) is 19.1 Å². The zero-order valence-corrected chi connectivity index (χ0v) is 8.64. The van der Waals surface area contributed by atoms with Crippen molar-refractivity contribution in [2.45, 2.75) is 11.8 Å². The van der Waals surface area contributed by atoms with Crippen molar-refractivity contribution in [2.24, 2.45) is 5.73 Å². The summed E-state index contributed by atoms with van der Waals surface area (Å²) in [6.07, 6.45) is 0. The largest absolute Gasteiger partial charge is 0.387 e. The molecule has 0 heterocycles. The molecule has 0 amide bonds. The van der Waals surface area contributed by atoms with Crippen molar-refractivity contribution in [1.29, 1.82) is 5.41 Å². The highest BCUT2D eigenvalue weighted by atomic mass is 32.2. The second kappa shape index (κ2) is 3.79. The Morgan fingerprint density at radius 2 is 1.86 bits per heavy atom. The molecule has 4 nitrogen and oxygen atoms in total. The van der Waals surface area contributed by atoms with Crippen LogP contribution in [-0.4, -0.2) is 20.0 Å². The minimum absolute atomic E-state index is 0.207. The summed E-state index contributed by atoms with van der Waals surface area (Å²) in [5.74, 6) is -0.763. The summed E-state index contributed by atoms with van der Waals surface area (Å²) in [5, 5.41) is 6.94. The highest BCUT2D eigenvalue weighted by Gasteiger charge is 2.14. The molecule has 0 aliphatic carbocycles. The fourth-order valence-electron chi connectivity index (χ4n) is 1.03. The van der Waals surface area contributed by atoms with Gasteiger partial charge < -0.3 is 5.73 Å². The predicted octanol–water partition coefficient (Wildman–Crippen LogP) is 0.705. The molecule has 1 aromatic carbocycles. The number of hydrogen-bond acceptors (Lipinski definition) is 3. The Bertz CT molecular complexity index is 434. The molecule has 5 heteroatoms. The van der Waals surface area contributed by atoms with Crippen LogP contribution in [0.3, 0.4) is 0 Å². The molecule has 0 atom stereocenters. The van der Waals surface area contributed by atoms with E-state index in [0.29, 0.717) is 0 Å². The summed E-state index contributed by atoms with van der Waals surface area (Å²) in [5.41, 5.74) is 6.04. The Labute approximate surface area is 83.2 Å². The zero-order chi connectivity index (χ0) is 10.8. The minimum atomic E-state index is -3.43. The van der Waals surface area contributed by atoms with E-state index in [1.807, 2.05) is 6.92 Å². The summed E-state index contributed by atoms with van der Waals surface area (Å²) < 4.78 is 23.1. The Kier molecular flexibility index (Phi) is 2.90. The maximum atomic E-state index is 11.5. The predicted molar refractivity (Wildman–Crippen MR) is 55.1 cm³/mol. The SMILES string of the molecule is Cc1ccc(S(=O)(=O)CC(=N)N)cc1. The van der Waals surface area contributed by atoms with E-state index in [9.17, 15) is 8.42 Å². The summed E-state index contributed by atoms with van der Waals surface area (Å²) in [6, 6.07) is 6.47. The van der Waals surface area contributed by atoms with Gasteiger partial charge in [-0.2, -0.15) is 0 Å². The van der Waals surface area contributed by atoms with Crippen LogP contribution in [0.25, 0.3) is 0 Å². The number of amidine groups is 1. The first-order chi connectivity index (χ1) is 6.42. The number of aryl methyl sites for hydroxylation is 1. The third kappa shape index (κ3) is 2.56. The Balaban J connectivity index is 3.05. The molecule has 0 aliphatic rings. The number of rotatable bonds is 3. The van der Waals surface area contributed by atoms with Gasteiger partial charge in [-0.15, -0.1) is 0 Å². The van der Waals surface area contributed by atoms with E-state index in [0.717, 1.165) is 5.56 Å². The molecule has 0 saturated carbocycles. The van der Waals surface area contributed by atoms with Crippen LogP contribution in [-0.2, 0) is 9.84 Å². The van der Waals surface area contributed by atoms with E-state index >= 15 is 0 Å². The van der Waals surface area contributed by atoms with Crippen LogP contribution in [0, 0.1) is 12.3 Å². The summed E-state index contributed by atoms with van der Waals surface area (Å²) >= 11 is 0. The average Bonchev–Trinajstić information content (AvgIpc) is 2.02. The van der Waals surface area contributed by atoms with Gasteiger partial charge in [-0.3, -0.25) is 5.41 Å². The molecule has 0 unspecified atom stereocenters. The highest BCUT2D eigenvalue weighted by molar-refractivity contribution is 7.92. The van der Waals surface area contributed by atoms with Gasteiger partial charge in [0.2, 0.25) is 0 Å². The van der Waals surface area contributed by atoms with Crippen LogP contribution in [0.2, 0.25) is 0 Å². The number of hydrogen-bond donors (Lipinski definition) is 2. The first-order valence-corrected chi connectivity index (χ1v) is 5.69. The second-order valence-electron chi connectivity index (χ2n) is 3.10. The summed E-state index contributed by atoms with van der Waals surface area (Å²) in [7, 11) is -3.43. The molecule has 76 valence electrons. The van der Waals surface area contributed by atoms with E-state index in [2.05, 4.69) is 0 Å². The smallest absolute Gasteiger partial charge is 0.185 e. The molecule has 3 N–H and O–H groups in total. The quantitative estimate of drug-likeness (QED) is 0.571. The normalized spacial score (nSPS) is 11.2. The van der Waals surface area contributed by atoms with E-state index < -0.39 is 15.6 Å². The molecule has 0 radical (unpaired) electrons. The monoisotopic (exact) mass is 212 g/mol. The van der Waals surface area contributed by atoms with E-state index in [1.54, 1.807) is 12.1 Å². The van der Waals surface area contributed by atoms with Crippen molar-refractivity contribution in [3.8, 4) is 0 Å². The molecule has 0 aliphatic heterocycles. The summed E-state index contributed by atoms with van der Waals surface area (Å²) in [6.45, 7) is 1.88. The second-order valence-corrected chi connectivity index (χ2v) is 5.09. The van der Waals surface area contributed by atoms with Crippen molar-refractivity contribution in [3.05, 3.63) is 29.8 Å². The number of benzene rings is 1. The van der Waals surface area contributed by atoms with E-state index in [4.69, 9.17) is 11.1 Å². The number of nitrogens with two attached hydrogens (primary N) is 1. The van der Waals surface area contributed by atoms with Crippen LogP contribution in [0.4, 0.5) is 0 Å². The first-order valence-electron chi connectivity index (χ1n) is 4.04. The average molecular weight is 212 g/mol. The van der Waals surface area contributed by atoms with Gasteiger partial charge >= 0.3 is 0 Å². The third-order valence-electron chi connectivity index (χ3n) is 1.73. The minimum Gasteiger partial charge on any atom is -0.387 e. The molecule has 1 rings (SSSR count). The zero-order valence-electron chi connectivity index (χ0n) is 7.82. The van der Waals surface area contributed by atoms with Gasteiger partial charge in [0.1, 0.15) is 11.6 Å². The lowest BCUT2D eigenvalue weighted by Gasteiger charge is -2.02. The molecule has 0 spiro atoms. The molecule has 14 heavy (non-hydrogen) atoms. The van der Waals surface area contributed by atoms with Gasteiger partial charge in [0, 0.05) is 0 Å². The lowest BCUT2D eigenvalue weighted by molar-refractivity contribution is 0.599. The maximum absolute atomic E-state index is 11.5. The molecular weight excluding hydrogens is 200 g/mol. The van der Waals surface area contributed by atoms with Crippen LogP contribution in [0.5, 0.6) is 0 Å². The molecule has 0 saturated heterocycles. The van der Waals surface area contributed by atoms with Crippen LogP contribution < -0.4 is 5.73 Å². The van der Waals surface area contributed by atoms with Crippen molar-refractivity contribution >= 4 is 15.7 Å². The van der Waals surface area contributed by atoms with Gasteiger partial charge in [0.05, 0.1) is 4.90 Å². The van der Waals surface area contributed by atoms with Crippen LogP contribution in [0.15, 0.2) is 29.2 Å². The number of nitrogens with one attached hydrogen (secondary N) is 1. The molecule has 0 fully saturated rings. The summed E-state index contributed by atoms with van der Waals surface area (Å²) in [4.78, 5) is 0.207. The standard InChI is InChI=1S/C9H12N2O2S/c1-7-2-4-8(5-3-7)14(12,13)6-9(10)11/h2-5H,6H2,1H3,(H3,10,11). The maximum Gasteiger partial charge on any atom is 0.185 e. The Hall–Kier alpha value is -1.36. The molecule has 1 aromatic rings. The third-order valence-corrected chi connectivity index (χ3v) is 3.41. The Morgan fingerprint density at radius 1 is 1.36 bits per heavy atom. The van der Waals surface area contributed by atoms with Gasteiger partial charge in [-0.1, -0.05) is 17.7 Å². The van der Waals surface area contributed by atoms with E-state index in [-0.39, 0.29) is 10.7 Å². The fraction of sp³-hybridized carbons (Fsp3) is 0.222. The molecule has 0 aromatic heterocycles. The lowest BCUT2D eigenvalue weighted by Crippen LogP contribution is -2.22. The van der Waals surface area contributed by atoms with Crippen molar-refractivity contribution in [2.75, 3.05) is 5.75 Å². The Morgan fingerprint density at radius 3 is 2.29 bits per heavy atom. The topological polar surface area (TPSA) is 84.0 Å². The highest BCUT2D eigenvalue weighted by Crippen LogP contribution is 2.11. The fourth-order valence-corrected chi connectivity index (χ4v) is 2.16. The molecule has 0 bridgehead atoms. The lowest BCUT2D eigenvalue weighted by atomic mass is 10.2. The van der Waals surface area contributed by atoms with E-state index in [1.165, 1.54) is 12.1 Å². The van der Waals surface area contributed by atoms with Crippen molar-refractivity contribution < 1.29 is 8.42 Å². The van der Waals surface area contributed by atoms with Gasteiger partial charge in [-0.25, -0.2) is 8.42 Å². The molecular formula is C9H12N2O2S. The van der Waals surface area contributed by atoms with Crippen LogP contribution >= 0.6 is 0 Å². The van der Waals surface area contributed by atoms with Crippen molar-refractivity contribution in [1.82, 2.24) is 0 Å². The van der Waals surface area contributed by atoms with Gasteiger partial charge in [0.15, 0.2) is 9.84 Å².